The van der Waals surface area contributed by atoms with E-state index in [0.29, 0.717) is 25.2 Å². The number of aryl methyl sites for hydroxylation is 1. The predicted octanol–water partition coefficient (Wildman–Crippen LogP) is 1.93. The lowest BCUT2D eigenvalue weighted by Gasteiger charge is -2.19. The van der Waals surface area contributed by atoms with E-state index in [9.17, 15) is 9.59 Å². The molecule has 0 aliphatic carbocycles. The number of hydrogen-bond acceptors (Lipinski definition) is 6. The number of nitrogens with one attached hydrogen (secondary N) is 1. The lowest BCUT2D eigenvalue weighted by atomic mass is 10.2. The van der Waals surface area contributed by atoms with Crippen molar-refractivity contribution >= 4 is 12.1 Å². The Balaban J connectivity index is 2.71. The average molecular weight is 326 g/mol. The Morgan fingerprint density at radius 3 is 2.57 bits per heavy atom. The molecule has 8 nitrogen and oxygen atoms in total. The smallest absolute Gasteiger partial charge is 0.407 e. The number of rotatable bonds is 7. The third kappa shape index (κ3) is 6.25. The zero-order chi connectivity index (χ0) is 17.5. The quantitative estimate of drug-likeness (QED) is 0.769. The second-order valence-electron chi connectivity index (χ2n) is 6.13. The molecule has 0 unspecified atom stereocenters. The van der Waals surface area contributed by atoms with Gasteiger partial charge >= 0.3 is 12.1 Å². The van der Waals surface area contributed by atoms with Crippen LogP contribution in [-0.4, -0.2) is 46.3 Å². The summed E-state index contributed by atoms with van der Waals surface area (Å²) in [5, 5.41) is 10.6. The Bertz CT molecular complexity index is 534. The molecular weight excluding hydrogens is 300 g/mol. The number of carbonyl (C=O) groups excluding carboxylic acids is 2. The first kappa shape index (κ1) is 18.9. The van der Waals surface area contributed by atoms with Crippen molar-refractivity contribution in [2.24, 2.45) is 0 Å². The number of unbranched alkanes of at least 4 members (excludes halogenated alkanes) is 1. The minimum Gasteiger partial charge on any atom is -0.464 e. The molecule has 0 aliphatic heterocycles. The number of ether oxygens (including phenoxy) is 2. The fraction of sp³-hybridized carbons (Fsp3) is 0.733. The molecule has 8 heteroatoms. The molecule has 1 N–H and O–H groups in total. The minimum atomic E-state index is -0.550. The van der Waals surface area contributed by atoms with Crippen LogP contribution in [0.1, 0.15) is 56.7 Å². The van der Waals surface area contributed by atoms with Crippen molar-refractivity contribution in [2.75, 3.05) is 13.7 Å². The van der Waals surface area contributed by atoms with Gasteiger partial charge in [-0.3, -0.25) is 0 Å². The summed E-state index contributed by atoms with van der Waals surface area (Å²) < 4.78 is 11.6. The van der Waals surface area contributed by atoms with Crippen LogP contribution in [0.2, 0.25) is 0 Å². The molecule has 0 saturated heterocycles. The zero-order valence-electron chi connectivity index (χ0n) is 14.5. The van der Waals surface area contributed by atoms with Gasteiger partial charge in [-0.15, -0.1) is 5.10 Å². The minimum absolute atomic E-state index is 0.189. The summed E-state index contributed by atoms with van der Waals surface area (Å²) in [7, 11) is 1.30. The van der Waals surface area contributed by atoms with Crippen LogP contribution in [0.4, 0.5) is 4.79 Å². The summed E-state index contributed by atoms with van der Waals surface area (Å²) in [5.41, 5.74) is 0.294. The van der Waals surface area contributed by atoms with E-state index < -0.39 is 17.7 Å². The van der Waals surface area contributed by atoms with Gasteiger partial charge < -0.3 is 14.8 Å². The molecule has 1 amide bonds. The van der Waals surface area contributed by atoms with Crippen LogP contribution in [0.15, 0.2) is 0 Å². The molecule has 0 bridgehead atoms. The van der Waals surface area contributed by atoms with Gasteiger partial charge in [0.15, 0.2) is 5.69 Å². The van der Waals surface area contributed by atoms with Gasteiger partial charge in [0.1, 0.15) is 5.60 Å². The molecule has 1 aromatic heterocycles. The maximum absolute atomic E-state index is 11.8. The van der Waals surface area contributed by atoms with Gasteiger partial charge in [-0.25, -0.2) is 14.3 Å². The fourth-order valence-corrected chi connectivity index (χ4v) is 1.92. The Labute approximate surface area is 136 Å². The van der Waals surface area contributed by atoms with E-state index in [1.807, 2.05) is 0 Å². The van der Waals surface area contributed by atoms with Crippen molar-refractivity contribution in [1.29, 1.82) is 0 Å². The van der Waals surface area contributed by atoms with Gasteiger partial charge in [0, 0.05) is 19.5 Å². The molecular formula is C15H26N4O4. The van der Waals surface area contributed by atoms with Gasteiger partial charge in [0.25, 0.3) is 0 Å². The molecule has 0 spiro atoms. The van der Waals surface area contributed by atoms with Crippen molar-refractivity contribution in [3.05, 3.63) is 11.4 Å². The van der Waals surface area contributed by atoms with Crippen LogP contribution in [0.3, 0.4) is 0 Å². The number of amides is 1. The van der Waals surface area contributed by atoms with Crippen LogP contribution in [0, 0.1) is 0 Å². The summed E-state index contributed by atoms with van der Waals surface area (Å²) >= 11 is 0. The Kier molecular flexibility index (Phi) is 6.99. The van der Waals surface area contributed by atoms with Crippen molar-refractivity contribution in [1.82, 2.24) is 20.3 Å². The maximum Gasteiger partial charge on any atom is 0.407 e. The number of aromatic nitrogens is 3. The van der Waals surface area contributed by atoms with Crippen LogP contribution in [0.25, 0.3) is 0 Å². The third-order valence-corrected chi connectivity index (χ3v) is 2.97. The highest BCUT2D eigenvalue weighted by Gasteiger charge is 2.21. The molecule has 0 atom stereocenters. The lowest BCUT2D eigenvalue weighted by Crippen LogP contribution is -2.34. The molecule has 0 radical (unpaired) electrons. The van der Waals surface area contributed by atoms with Crippen LogP contribution in [0.5, 0.6) is 0 Å². The van der Waals surface area contributed by atoms with Crippen LogP contribution >= 0.6 is 0 Å². The number of esters is 1. The molecule has 0 aliphatic rings. The second-order valence-corrected chi connectivity index (χ2v) is 6.13. The summed E-state index contributed by atoms with van der Waals surface area (Å²) in [6.45, 7) is 8.45. The monoisotopic (exact) mass is 326 g/mol. The predicted molar refractivity (Wildman–Crippen MR) is 84.2 cm³/mol. The van der Waals surface area contributed by atoms with Crippen molar-refractivity contribution in [3.63, 3.8) is 0 Å². The fourth-order valence-electron chi connectivity index (χ4n) is 1.92. The normalized spacial score (nSPS) is 11.2. The lowest BCUT2D eigenvalue weighted by molar-refractivity contribution is 0.0528. The summed E-state index contributed by atoms with van der Waals surface area (Å²) in [6, 6.07) is 0. The highest BCUT2D eigenvalue weighted by atomic mass is 16.6. The van der Waals surface area contributed by atoms with E-state index in [4.69, 9.17) is 9.47 Å². The number of alkyl carbamates (subject to hydrolysis) is 1. The van der Waals surface area contributed by atoms with Gasteiger partial charge in [0.2, 0.25) is 0 Å². The number of nitrogens with zero attached hydrogens (tertiary/aromatic N) is 3. The van der Waals surface area contributed by atoms with Crippen molar-refractivity contribution in [2.45, 2.75) is 59.1 Å². The Hall–Kier alpha value is -2.12. The van der Waals surface area contributed by atoms with E-state index in [-0.39, 0.29) is 5.69 Å². The SMILES string of the molecule is CCCCn1nnc(C(=O)OC)c1CCNC(=O)OC(C)(C)C. The first-order valence-electron chi connectivity index (χ1n) is 7.76. The maximum atomic E-state index is 11.8. The summed E-state index contributed by atoms with van der Waals surface area (Å²) in [6.07, 6.45) is 1.85. The molecule has 1 rings (SSSR count). The second kappa shape index (κ2) is 8.50. The molecule has 1 heterocycles. The molecule has 0 fully saturated rings. The Morgan fingerprint density at radius 1 is 1.30 bits per heavy atom. The van der Waals surface area contributed by atoms with E-state index in [1.165, 1.54) is 7.11 Å². The highest BCUT2D eigenvalue weighted by Crippen LogP contribution is 2.10. The zero-order valence-corrected chi connectivity index (χ0v) is 14.5. The standard InChI is InChI=1S/C15H26N4O4/c1-6-7-10-19-11(12(17-18-19)13(20)22-5)8-9-16-14(21)23-15(2,3)4/h6-10H2,1-5H3,(H,16,21). The molecule has 1 aromatic rings. The number of carbonyl (C=O) groups is 2. The first-order chi connectivity index (χ1) is 10.8. The number of methoxy groups -OCH3 is 1. The number of hydrogen-bond donors (Lipinski definition) is 1. The van der Waals surface area contributed by atoms with Gasteiger partial charge in [0.05, 0.1) is 12.8 Å². The van der Waals surface area contributed by atoms with E-state index in [0.717, 1.165) is 12.8 Å². The average Bonchev–Trinajstić information content (AvgIpc) is 2.85. The van der Waals surface area contributed by atoms with Crippen LogP contribution < -0.4 is 5.32 Å². The van der Waals surface area contributed by atoms with Crippen molar-refractivity contribution in [3.8, 4) is 0 Å². The molecule has 130 valence electrons. The highest BCUT2D eigenvalue weighted by molar-refractivity contribution is 5.88. The van der Waals surface area contributed by atoms with Gasteiger partial charge in [-0.2, -0.15) is 0 Å². The van der Waals surface area contributed by atoms with Gasteiger partial charge in [-0.05, 0) is 27.2 Å². The largest absolute Gasteiger partial charge is 0.464 e. The molecule has 23 heavy (non-hydrogen) atoms. The molecule has 0 saturated carbocycles. The summed E-state index contributed by atoms with van der Waals surface area (Å²) in [4.78, 5) is 23.4. The molecule has 0 aromatic carbocycles. The first-order valence-corrected chi connectivity index (χ1v) is 7.76. The summed E-state index contributed by atoms with van der Waals surface area (Å²) in [5.74, 6) is -0.528. The van der Waals surface area contributed by atoms with E-state index in [1.54, 1.807) is 25.5 Å². The van der Waals surface area contributed by atoms with Crippen molar-refractivity contribution < 1.29 is 19.1 Å². The van der Waals surface area contributed by atoms with Gasteiger partial charge in [-0.1, -0.05) is 18.6 Å². The topological polar surface area (TPSA) is 95.3 Å². The Morgan fingerprint density at radius 2 is 2.00 bits per heavy atom. The van der Waals surface area contributed by atoms with E-state index in [2.05, 4.69) is 22.6 Å². The third-order valence-electron chi connectivity index (χ3n) is 2.97. The van der Waals surface area contributed by atoms with E-state index >= 15 is 0 Å². The van der Waals surface area contributed by atoms with Crippen LogP contribution in [-0.2, 0) is 22.4 Å².